The van der Waals surface area contributed by atoms with Crippen molar-refractivity contribution in [1.82, 2.24) is 0 Å². The number of ether oxygens (including phenoxy) is 4. The summed E-state index contributed by atoms with van der Waals surface area (Å²) in [5, 5.41) is 0. The molecule has 0 radical (unpaired) electrons. The van der Waals surface area contributed by atoms with Gasteiger partial charge in [-0.25, -0.2) is 0 Å². The van der Waals surface area contributed by atoms with Gasteiger partial charge in [0.25, 0.3) is 0 Å². The van der Waals surface area contributed by atoms with Crippen LogP contribution in [0.2, 0.25) is 0 Å². The van der Waals surface area contributed by atoms with Gasteiger partial charge in [-0.3, -0.25) is 0 Å². The number of hydrogen-bond acceptors (Lipinski definition) is 8. The van der Waals surface area contributed by atoms with Gasteiger partial charge in [0.15, 0.2) is 0 Å². The Morgan fingerprint density at radius 2 is 1.29 bits per heavy atom. The molecule has 0 aromatic carbocycles. The average Bonchev–Trinajstić information content (AvgIpc) is 3.48. The summed E-state index contributed by atoms with van der Waals surface area (Å²) in [7, 11) is 0. The summed E-state index contributed by atoms with van der Waals surface area (Å²) >= 11 is 0. The molecule has 0 saturated carbocycles. The first kappa shape index (κ1) is 19.6. The van der Waals surface area contributed by atoms with Gasteiger partial charge in [-0.15, -0.1) is 0 Å². The number of furan rings is 2. The van der Waals surface area contributed by atoms with E-state index in [2.05, 4.69) is 0 Å². The van der Waals surface area contributed by atoms with E-state index in [0.717, 1.165) is 11.5 Å². The van der Waals surface area contributed by atoms with Gasteiger partial charge in [0.05, 0.1) is 25.7 Å². The summed E-state index contributed by atoms with van der Waals surface area (Å²) in [5.74, 6) is 1.53. The number of nitrogens with two attached hydrogens (primary N) is 2. The molecule has 28 heavy (non-hydrogen) atoms. The van der Waals surface area contributed by atoms with Crippen LogP contribution in [0.15, 0.2) is 45.6 Å². The van der Waals surface area contributed by atoms with E-state index in [9.17, 15) is 0 Å². The quantitative estimate of drug-likeness (QED) is 0.630. The Kier molecular flexibility index (Phi) is 6.46. The lowest BCUT2D eigenvalue weighted by Gasteiger charge is -2.23. The Hall–Kier alpha value is -1.68. The Morgan fingerprint density at radius 1 is 0.821 bits per heavy atom. The van der Waals surface area contributed by atoms with Crippen LogP contribution in [-0.2, 0) is 18.9 Å². The molecule has 0 spiro atoms. The Bertz CT molecular complexity index is 631. The van der Waals surface area contributed by atoms with E-state index in [0.29, 0.717) is 39.1 Å². The topological polar surface area (TPSA) is 115 Å². The highest BCUT2D eigenvalue weighted by Crippen LogP contribution is 2.36. The van der Waals surface area contributed by atoms with E-state index in [1.807, 2.05) is 24.3 Å². The van der Waals surface area contributed by atoms with Crippen LogP contribution in [0, 0.1) is 0 Å². The summed E-state index contributed by atoms with van der Waals surface area (Å²) in [6.45, 7) is 1.89. The van der Waals surface area contributed by atoms with Crippen molar-refractivity contribution in [2.24, 2.45) is 11.5 Å². The van der Waals surface area contributed by atoms with Crippen LogP contribution in [0.25, 0.3) is 0 Å². The molecule has 8 nitrogen and oxygen atoms in total. The van der Waals surface area contributed by atoms with E-state index in [1.165, 1.54) is 0 Å². The van der Waals surface area contributed by atoms with Crippen LogP contribution in [0.3, 0.4) is 0 Å². The van der Waals surface area contributed by atoms with Crippen molar-refractivity contribution < 1.29 is 27.8 Å². The number of hydrogen-bond donors (Lipinski definition) is 2. The molecule has 154 valence electrons. The molecule has 2 aromatic rings. The highest BCUT2D eigenvalue weighted by molar-refractivity contribution is 5.05. The predicted octanol–water partition coefficient (Wildman–Crippen LogP) is 1.92. The van der Waals surface area contributed by atoms with Gasteiger partial charge < -0.3 is 39.2 Å². The minimum absolute atomic E-state index is 0.185. The van der Waals surface area contributed by atoms with Gasteiger partial charge in [-0.1, -0.05) is 0 Å². The lowest BCUT2D eigenvalue weighted by Crippen LogP contribution is -2.35. The molecule has 2 aliphatic rings. The minimum Gasteiger partial charge on any atom is -0.467 e. The van der Waals surface area contributed by atoms with E-state index >= 15 is 0 Å². The molecule has 8 heteroatoms. The molecular formula is C20H28N2O6. The maximum absolute atomic E-state index is 6.27. The fraction of sp³-hybridized carbons (Fsp3) is 0.600. The number of fused-ring (bicyclic) bond motifs is 1. The highest BCUT2D eigenvalue weighted by atomic mass is 16.6. The summed E-state index contributed by atoms with van der Waals surface area (Å²) in [5.41, 5.74) is 11.5. The second-order valence-electron chi connectivity index (χ2n) is 7.11. The van der Waals surface area contributed by atoms with Gasteiger partial charge in [0.2, 0.25) is 0 Å². The molecule has 2 fully saturated rings. The standard InChI is InChI=1S/C20H28N2O6/c21-7-5-15(13-3-1-9-23-13)27-17-11-25-20-18(12-26-19(17)20)28-16(6-8-22)14-4-2-10-24-14/h1-4,9-10,15-20H,5-8,11-12,21-22H2/t15?,16?,17-,18-,19?,20?/m0/s1. The molecule has 2 saturated heterocycles. The van der Waals surface area contributed by atoms with Crippen molar-refractivity contribution in [3.8, 4) is 0 Å². The molecule has 2 aliphatic heterocycles. The van der Waals surface area contributed by atoms with Gasteiger partial charge in [-0.2, -0.15) is 0 Å². The highest BCUT2D eigenvalue weighted by Gasteiger charge is 2.50. The molecule has 4 rings (SSSR count). The first-order valence-corrected chi connectivity index (χ1v) is 9.81. The van der Waals surface area contributed by atoms with E-state index in [4.69, 9.17) is 39.2 Å². The number of rotatable bonds is 10. The van der Waals surface area contributed by atoms with Crippen LogP contribution in [0.1, 0.15) is 36.6 Å². The Morgan fingerprint density at radius 3 is 1.64 bits per heavy atom. The molecule has 0 amide bonds. The van der Waals surface area contributed by atoms with Crippen LogP contribution < -0.4 is 11.5 Å². The fourth-order valence-electron chi connectivity index (χ4n) is 3.89. The maximum atomic E-state index is 6.27. The molecule has 4 N–H and O–H groups in total. The fourth-order valence-corrected chi connectivity index (χ4v) is 3.89. The molecule has 6 atom stereocenters. The van der Waals surface area contributed by atoms with Crippen molar-refractivity contribution in [1.29, 1.82) is 0 Å². The van der Waals surface area contributed by atoms with Crippen molar-refractivity contribution in [2.45, 2.75) is 49.5 Å². The van der Waals surface area contributed by atoms with Crippen LogP contribution >= 0.6 is 0 Å². The molecule has 4 heterocycles. The largest absolute Gasteiger partial charge is 0.467 e. The second-order valence-corrected chi connectivity index (χ2v) is 7.11. The first-order valence-electron chi connectivity index (χ1n) is 9.81. The van der Waals surface area contributed by atoms with Gasteiger partial charge in [0.1, 0.15) is 48.1 Å². The zero-order valence-electron chi connectivity index (χ0n) is 15.8. The second kappa shape index (κ2) is 9.21. The van der Waals surface area contributed by atoms with Gasteiger partial charge in [0, 0.05) is 0 Å². The molecule has 4 unspecified atom stereocenters. The third-order valence-electron chi connectivity index (χ3n) is 5.22. The van der Waals surface area contributed by atoms with E-state index in [1.54, 1.807) is 12.5 Å². The van der Waals surface area contributed by atoms with E-state index in [-0.39, 0.29) is 36.6 Å². The van der Waals surface area contributed by atoms with Gasteiger partial charge >= 0.3 is 0 Å². The zero-order chi connectivity index (χ0) is 19.3. The summed E-state index contributed by atoms with van der Waals surface area (Å²) in [6, 6.07) is 7.49. The SMILES string of the molecule is NCCC(O[C@H]1COC2C1OC[C@@H]2OC(CCN)c1ccco1)c1ccco1. The van der Waals surface area contributed by atoms with Gasteiger partial charge in [-0.05, 0) is 50.2 Å². The summed E-state index contributed by atoms with van der Waals surface area (Å²) < 4.78 is 35.5. The van der Waals surface area contributed by atoms with Crippen LogP contribution in [0.5, 0.6) is 0 Å². The normalized spacial score (nSPS) is 29.1. The maximum Gasteiger partial charge on any atom is 0.132 e. The minimum atomic E-state index is -0.218. The molecule has 0 bridgehead atoms. The molecule has 2 aromatic heterocycles. The van der Waals surface area contributed by atoms with Crippen LogP contribution in [-0.4, -0.2) is 50.7 Å². The Balaban J connectivity index is 1.38. The first-order chi connectivity index (χ1) is 13.8. The summed E-state index contributed by atoms with van der Waals surface area (Å²) in [6.07, 6.45) is 3.40. The van der Waals surface area contributed by atoms with Crippen LogP contribution in [0.4, 0.5) is 0 Å². The third kappa shape index (κ3) is 4.17. The monoisotopic (exact) mass is 392 g/mol. The average molecular weight is 392 g/mol. The summed E-state index contributed by atoms with van der Waals surface area (Å²) in [4.78, 5) is 0. The van der Waals surface area contributed by atoms with Crippen molar-refractivity contribution in [3.05, 3.63) is 48.3 Å². The third-order valence-corrected chi connectivity index (χ3v) is 5.22. The predicted molar refractivity (Wildman–Crippen MR) is 99.5 cm³/mol. The smallest absolute Gasteiger partial charge is 0.132 e. The zero-order valence-corrected chi connectivity index (χ0v) is 15.8. The van der Waals surface area contributed by atoms with Crippen molar-refractivity contribution in [2.75, 3.05) is 26.3 Å². The van der Waals surface area contributed by atoms with Crippen molar-refractivity contribution >= 4 is 0 Å². The van der Waals surface area contributed by atoms with E-state index < -0.39 is 0 Å². The Labute approximate surface area is 164 Å². The van der Waals surface area contributed by atoms with Crippen molar-refractivity contribution in [3.63, 3.8) is 0 Å². The lowest BCUT2D eigenvalue weighted by molar-refractivity contribution is -0.0955. The molecule has 0 aliphatic carbocycles. The lowest BCUT2D eigenvalue weighted by atomic mass is 10.1. The molecular weight excluding hydrogens is 364 g/mol.